The van der Waals surface area contributed by atoms with Crippen LogP contribution in [0.5, 0.6) is 0 Å². The zero-order valence-electron chi connectivity index (χ0n) is 18.4. The molecule has 158 valence electrons. The van der Waals surface area contributed by atoms with Crippen molar-refractivity contribution in [3.05, 3.63) is 47.1 Å². The van der Waals surface area contributed by atoms with Gasteiger partial charge in [-0.1, -0.05) is 75.0 Å². The molecule has 1 aliphatic rings. The minimum Gasteiger partial charge on any atom is -0.355 e. The highest BCUT2D eigenvalue weighted by Gasteiger charge is 2.34. The van der Waals surface area contributed by atoms with Crippen molar-refractivity contribution in [2.24, 2.45) is 0 Å². The molecule has 29 heavy (non-hydrogen) atoms. The van der Waals surface area contributed by atoms with Crippen LogP contribution in [0.25, 0.3) is 0 Å². The van der Waals surface area contributed by atoms with Crippen LogP contribution in [0.15, 0.2) is 28.8 Å². The highest BCUT2D eigenvalue weighted by atomic mass is 16.5. The van der Waals surface area contributed by atoms with Gasteiger partial charge >= 0.3 is 0 Å². The normalized spacial score (nSPS) is 16.6. The number of benzene rings is 1. The van der Waals surface area contributed by atoms with E-state index in [4.69, 9.17) is 4.52 Å². The number of rotatable bonds is 7. The highest BCUT2D eigenvalue weighted by molar-refractivity contribution is 5.76. The average molecular weight is 398 g/mol. The fourth-order valence-corrected chi connectivity index (χ4v) is 4.19. The van der Waals surface area contributed by atoms with Crippen LogP contribution in [0, 0.1) is 6.92 Å². The number of hydrogen-bond acceptors (Lipinski definition) is 4. The maximum atomic E-state index is 12.5. The lowest BCUT2D eigenvalue weighted by atomic mass is 9.69. The summed E-state index contributed by atoms with van der Waals surface area (Å²) < 4.78 is 5.32. The van der Waals surface area contributed by atoms with Crippen molar-refractivity contribution in [3.8, 4) is 0 Å². The summed E-state index contributed by atoms with van der Waals surface area (Å²) in [4.78, 5) is 17.0. The molecule has 0 radical (unpaired) electrons. The van der Waals surface area contributed by atoms with E-state index < -0.39 is 0 Å². The van der Waals surface area contributed by atoms with Crippen molar-refractivity contribution < 1.29 is 9.32 Å². The van der Waals surface area contributed by atoms with Crippen LogP contribution in [0.1, 0.15) is 88.6 Å². The van der Waals surface area contributed by atoms with Gasteiger partial charge in [-0.3, -0.25) is 4.79 Å². The van der Waals surface area contributed by atoms with E-state index in [2.05, 4.69) is 67.4 Å². The number of aryl methyl sites for hydroxylation is 2. The molecule has 1 N–H and O–H groups in total. The Morgan fingerprint density at radius 2 is 1.97 bits per heavy atom. The quantitative estimate of drug-likeness (QED) is 0.712. The molecule has 0 atom stereocenters. The second-order valence-electron chi connectivity index (χ2n) is 9.60. The van der Waals surface area contributed by atoms with Crippen molar-refractivity contribution in [1.82, 2.24) is 15.5 Å². The monoisotopic (exact) mass is 397 g/mol. The molecule has 1 aliphatic carbocycles. The third-order valence-electron chi connectivity index (χ3n) is 6.00. The van der Waals surface area contributed by atoms with Gasteiger partial charge in [-0.2, -0.15) is 4.98 Å². The van der Waals surface area contributed by atoms with Crippen LogP contribution in [0.2, 0.25) is 0 Å². The lowest BCUT2D eigenvalue weighted by Crippen LogP contribution is -2.42. The van der Waals surface area contributed by atoms with E-state index in [-0.39, 0.29) is 16.7 Å². The minimum absolute atomic E-state index is 0.0774. The lowest BCUT2D eigenvalue weighted by Gasteiger charge is -2.38. The molecule has 0 spiro atoms. The summed E-state index contributed by atoms with van der Waals surface area (Å²) in [6, 6.07) is 8.80. The number of nitrogens with zero attached hydrogens (tertiary/aromatic N) is 2. The van der Waals surface area contributed by atoms with Gasteiger partial charge in [0.25, 0.3) is 0 Å². The maximum absolute atomic E-state index is 12.5. The topological polar surface area (TPSA) is 68.0 Å². The standard InChI is InChI=1S/C24H35N3O2/c1-18-10-8-11-19(16-18)24(14-6-5-7-15-24)17-25-20(28)12-9-13-21-26-22(27-29-21)23(2,3)4/h8,10-11,16H,5-7,9,12-15,17H2,1-4H3,(H,25,28). The number of amides is 1. The summed E-state index contributed by atoms with van der Waals surface area (Å²) in [6.07, 6.45) is 7.89. The van der Waals surface area contributed by atoms with Crippen LogP contribution in [0.4, 0.5) is 0 Å². The molecule has 5 nitrogen and oxygen atoms in total. The third-order valence-corrected chi connectivity index (χ3v) is 6.00. The van der Waals surface area contributed by atoms with Crippen molar-refractivity contribution in [2.75, 3.05) is 6.54 Å². The van der Waals surface area contributed by atoms with E-state index in [0.717, 1.165) is 25.8 Å². The first-order chi connectivity index (χ1) is 13.8. The Bertz CT molecular complexity index is 814. The van der Waals surface area contributed by atoms with Crippen molar-refractivity contribution in [2.45, 2.75) is 89.9 Å². The molecule has 1 amide bonds. The molecule has 1 aromatic heterocycles. The summed E-state index contributed by atoms with van der Waals surface area (Å²) in [5, 5.41) is 7.27. The van der Waals surface area contributed by atoms with Crippen LogP contribution in [-0.4, -0.2) is 22.6 Å². The molecule has 1 aromatic carbocycles. The largest absolute Gasteiger partial charge is 0.355 e. The number of carbonyl (C=O) groups is 1. The molecule has 0 bridgehead atoms. The van der Waals surface area contributed by atoms with E-state index in [1.807, 2.05) is 0 Å². The van der Waals surface area contributed by atoms with Crippen molar-refractivity contribution in [3.63, 3.8) is 0 Å². The Morgan fingerprint density at radius 3 is 2.62 bits per heavy atom. The summed E-state index contributed by atoms with van der Waals surface area (Å²) in [7, 11) is 0. The second-order valence-corrected chi connectivity index (χ2v) is 9.60. The smallest absolute Gasteiger partial charge is 0.226 e. The van der Waals surface area contributed by atoms with Gasteiger partial charge in [0.1, 0.15) is 0 Å². The van der Waals surface area contributed by atoms with Crippen LogP contribution < -0.4 is 5.32 Å². The minimum atomic E-state index is -0.122. The molecular formula is C24H35N3O2. The van der Waals surface area contributed by atoms with Crippen LogP contribution >= 0.6 is 0 Å². The molecule has 1 heterocycles. The predicted molar refractivity (Wildman–Crippen MR) is 115 cm³/mol. The highest BCUT2D eigenvalue weighted by Crippen LogP contribution is 2.39. The molecular weight excluding hydrogens is 362 g/mol. The van der Waals surface area contributed by atoms with Gasteiger partial charge in [-0.15, -0.1) is 0 Å². The molecule has 0 unspecified atom stereocenters. The molecule has 1 fully saturated rings. The summed E-state index contributed by atoms with van der Waals surface area (Å²) in [6.45, 7) is 9.05. The van der Waals surface area contributed by atoms with Crippen molar-refractivity contribution in [1.29, 1.82) is 0 Å². The number of carbonyl (C=O) groups excluding carboxylic acids is 1. The first-order valence-corrected chi connectivity index (χ1v) is 11.0. The van der Waals surface area contributed by atoms with Gasteiger partial charge in [0, 0.05) is 30.2 Å². The third kappa shape index (κ3) is 5.68. The Balaban J connectivity index is 1.52. The summed E-state index contributed by atoms with van der Waals surface area (Å²) in [5.74, 6) is 1.44. The summed E-state index contributed by atoms with van der Waals surface area (Å²) >= 11 is 0. The zero-order valence-corrected chi connectivity index (χ0v) is 18.4. The van der Waals surface area contributed by atoms with Crippen LogP contribution in [0.3, 0.4) is 0 Å². The van der Waals surface area contributed by atoms with Gasteiger partial charge in [0.15, 0.2) is 5.82 Å². The molecule has 1 saturated carbocycles. The lowest BCUT2D eigenvalue weighted by molar-refractivity contribution is -0.121. The second kappa shape index (κ2) is 9.10. The molecule has 5 heteroatoms. The Kier molecular flexibility index (Phi) is 6.76. The molecule has 2 aromatic rings. The van der Waals surface area contributed by atoms with E-state index >= 15 is 0 Å². The van der Waals surface area contributed by atoms with Gasteiger partial charge in [0.05, 0.1) is 0 Å². The number of hydrogen-bond donors (Lipinski definition) is 1. The number of aromatic nitrogens is 2. The van der Waals surface area contributed by atoms with Gasteiger partial charge in [-0.25, -0.2) is 0 Å². The van der Waals surface area contributed by atoms with Crippen molar-refractivity contribution >= 4 is 5.91 Å². The maximum Gasteiger partial charge on any atom is 0.226 e. The first-order valence-electron chi connectivity index (χ1n) is 11.0. The summed E-state index contributed by atoms with van der Waals surface area (Å²) in [5.41, 5.74) is 2.61. The van der Waals surface area contributed by atoms with E-state index in [0.29, 0.717) is 24.6 Å². The molecule has 3 rings (SSSR count). The zero-order chi connectivity index (χ0) is 20.9. The van der Waals surface area contributed by atoms with Crippen LogP contribution in [-0.2, 0) is 22.0 Å². The molecule has 0 aliphatic heterocycles. The number of nitrogens with one attached hydrogen (secondary N) is 1. The molecule has 0 saturated heterocycles. The van der Waals surface area contributed by atoms with E-state index in [1.54, 1.807) is 0 Å². The fraction of sp³-hybridized carbons (Fsp3) is 0.625. The first kappa shape index (κ1) is 21.5. The van der Waals surface area contributed by atoms with E-state index in [9.17, 15) is 4.79 Å². The Labute approximate surface area is 174 Å². The van der Waals surface area contributed by atoms with Gasteiger partial charge in [-0.05, 0) is 31.7 Å². The van der Waals surface area contributed by atoms with Gasteiger partial charge in [0.2, 0.25) is 11.8 Å². The van der Waals surface area contributed by atoms with Gasteiger partial charge < -0.3 is 9.84 Å². The Morgan fingerprint density at radius 1 is 1.21 bits per heavy atom. The predicted octanol–water partition coefficient (Wildman–Crippen LogP) is 5.02. The fourth-order valence-electron chi connectivity index (χ4n) is 4.19. The van der Waals surface area contributed by atoms with E-state index in [1.165, 1.54) is 30.4 Å². The Hall–Kier alpha value is -2.17. The SMILES string of the molecule is Cc1cccc(C2(CNC(=O)CCCc3nc(C(C)(C)C)no3)CCCCC2)c1. The average Bonchev–Trinajstić information content (AvgIpc) is 3.17.